The summed E-state index contributed by atoms with van der Waals surface area (Å²) in [5.41, 5.74) is 0. The summed E-state index contributed by atoms with van der Waals surface area (Å²) in [5, 5.41) is 0. The Morgan fingerprint density at radius 1 is 1.29 bits per heavy atom. The fraction of sp³-hybridized carbons (Fsp3) is 0.867. The van der Waals surface area contributed by atoms with Crippen LogP contribution < -0.4 is 0 Å². The lowest BCUT2D eigenvalue weighted by Gasteiger charge is -2.38. The summed E-state index contributed by atoms with van der Waals surface area (Å²) in [6.07, 6.45) is 4.79. The van der Waals surface area contributed by atoms with Crippen LogP contribution in [0, 0.1) is 0 Å². The van der Waals surface area contributed by atoms with Gasteiger partial charge in [-0.15, -0.1) is 0 Å². The largest absolute Gasteiger partial charge is 0.460 e. The van der Waals surface area contributed by atoms with Crippen LogP contribution in [0.25, 0.3) is 0 Å². The Labute approximate surface area is 124 Å². The minimum Gasteiger partial charge on any atom is -0.460 e. The third-order valence-corrected chi connectivity index (χ3v) is 4.51. The van der Waals surface area contributed by atoms with Gasteiger partial charge in [0.15, 0.2) is 6.29 Å². The average Bonchev–Trinajstić information content (AvgIpc) is 2.75. The average molecular weight is 297 g/mol. The molecule has 4 atom stereocenters. The Bertz CT molecular complexity index is 407. The molecule has 0 aromatic carbocycles. The highest BCUT2D eigenvalue weighted by molar-refractivity contribution is 5.80. The molecule has 3 saturated heterocycles. The Balaban J connectivity index is 1.55. The number of rotatable bonds is 3. The molecule has 3 aliphatic heterocycles. The molecular weight excluding hydrogens is 274 g/mol. The van der Waals surface area contributed by atoms with E-state index in [-0.39, 0.29) is 36.4 Å². The number of ether oxygens (including phenoxy) is 3. The molecule has 0 aromatic heterocycles. The van der Waals surface area contributed by atoms with E-state index in [1.807, 2.05) is 4.90 Å². The van der Waals surface area contributed by atoms with Gasteiger partial charge in [-0.3, -0.25) is 9.59 Å². The van der Waals surface area contributed by atoms with Crippen molar-refractivity contribution in [2.45, 2.75) is 70.0 Å². The number of piperidine rings is 1. The molecule has 118 valence electrons. The van der Waals surface area contributed by atoms with Crippen LogP contribution >= 0.6 is 0 Å². The Kier molecular flexibility index (Phi) is 4.45. The monoisotopic (exact) mass is 297 g/mol. The van der Waals surface area contributed by atoms with Crippen molar-refractivity contribution < 1.29 is 23.8 Å². The number of hydrogen-bond acceptors (Lipinski definition) is 5. The first-order valence-electron chi connectivity index (χ1n) is 7.87. The van der Waals surface area contributed by atoms with Crippen molar-refractivity contribution >= 4 is 11.9 Å². The quantitative estimate of drug-likeness (QED) is 0.733. The Morgan fingerprint density at radius 3 is 2.86 bits per heavy atom. The van der Waals surface area contributed by atoms with Gasteiger partial charge in [-0.2, -0.15) is 0 Å². The Morgan fingerprint density at radius 2 is 2.14 bits per heavy atom. The van der Waals surface area contributed by atoms with Gasteiger partial charge in [-0.1, -0.05) is 0 Å². The predicted octanol–water partition coefficient (Wildman–Crippen LogP) is 1.22. The topological polar surface area (TPSA) is 65.1 Å². The molecule has 21 heavy (non-hydrogen) atoms. The number of carbonyl (C=O) groups is 2. The first kappa shape index (κ1) is 14.8. The maximum atomic E-state index is 12.1. The van der Waals surface area contributed by atoms with Gasteiger partial charge < -0.3 is 19.1 Å². The van der Waals surface area contributed by atoms with E-state index in [0.717, 1.165) is 38.7 Å². The van der Waals surface area contributed by atoms with Crippen LogP contribution in [0.4, 0.5) is 0 Å². The van der Waals surface area contributed by atoms with Crippen molar-refractivity contribution in [3.63, 3.8) is 0 Å². The lowest BCUT2D eigenvalue weighted by molar-refractivity contribution is -0.200. The molecule has 3 rings (SSSR count). The summed E-state index contributed by atoms with van der Waals surface area (Å²) in [6.45, 7) is 2.74. The number of nitrogens with zero attached hydrogens (tertiary/aromatic N) is 1. The molecule has 0 spiro atoms. The van der Waals surface area contributed by atoms with Crippen LogP contribution in [0.1, 0.15) is 45.4 Å². The van der Waals surface area contributed by atoms with Crippen molar-refractivity contribution in [3.8, 4) is 0 Å². The van der Waals surface area contributed by atoms with E-state index in [0.29, 0.717) is 13.0 Å². The minimum atomic E-state index is -0.316. The zero-order chi connectivity index (χ0) is 14.8. The molecule has 0 aliphatic carbocycles. The molecule has 6 heteroatoms. The summed E-state index contributed by atoms with van der Waals surface area (Å²) in [7, 11) is 0. The minimum absolute atomic E-state index is 0.0218. The zero-order valence-corrected chi connectivity index (χ0v) is 12.5. The fourth-order valence-electron chi connectivity index (χ4n) is 3.53. The highest BCUT2D eigenvalue weighted by Crippen LogP contribution is 2.32. The van der Waals surface area contributed by atoms with Crippen molar-refractivity contribution in [2.24, 2.45) is 0 Å². The summed E-state index contributed by atoms with van der Waals surface area (Å²) in [5.74, 6) is -0.257. The van der Waals surface area contributed by atoms with Gasteiger partial charge in [0.05, 0.1) is 18.6 Å². The smallest absolute Gasteiger partial charge is 0.302 e. The number of hydrogen-bond donors (Lipinski definition) is 0. The van der Waals surface area contributed by atoms with Gasteiger partial charge in [0.25, 0.3) is 0 Å². The molecule has 3 aliphatic rings. The van der Waals surface area contributed by atoms with Crippen molar-refractivity contribution in [2.75, 3.05) is 13.2 Å². The first-order chi connectivity index (χ1) is 10.1. The second-order valence-electron chi connectivity index (χ2n) is 6.10. The van der Waals surface area contributed by atoms with Crippen LogP contribution in [-0.2, 0) is 23.8 Å². The van der Waals surface area contributed by atoms with E-state index in [1.165, 1.54) is 6.92 Å². The Hall–Kier alpha value is -1.14. The van der Waals surface area contributed by atoms with Gasteiger partial charge in [0.2, 0.25) is 5.91 Å². The molecule has 0 bridgehead atoms. The van der Waals surface area contributed by atoms with Crippen LogP contribution in [0.15, 0.2) is 0 Å². The van der Waals surface area contributed by atoms with Gasteiger partial charge in [0, 0.05) is 20.1 Å². The maximum absolute atomic E-state index is 12.1. The number of fused-ring (bicyclic) bond motifs is 1. The van der Waals surface area contributed by atoms with Crippen molar-refractivity contribution in [3.05, 3.63) is 0 Å². The summed E-state index contributed by atoms with van der Waals surface area (Å²) < 4.78 is 16.8. The van der Waals surface area contributed by atoms with Crippen LogP contribution in [0.2, 0.25) is 0 Å². The molecule has 1 unspecified atom stereocenters. The molecular formula is C15H23NO5. The van der Waals surface area contributed by atoms with E-state index in [2.05, 4.69) is 0 Å². The predicted molar refractivity (Wildman–Crippen MR) is 73.4 cm³/mol. The van der Waals surface area contributed by atoms with E-state index >= 15 is 0 Å². The van der Waals surface area contributed by atoms with Crippen LogP contribution in [0.5, 0.6) is 0 Å². The van der Waals surface area contributed by atoms with E-state index in [9.17, 15) is 9.59 Å². The first-order valence-corrected chi connectivity index (χ1v) is 7.87. The van der Waals surface area contributed by atoms with Gasteiger partial charge in [-0.05, 0) is 32.1 Å². The summed E-state index contributed by atoms with van der Waals surface area (Å²) in [4.78, 5) is 25.0. The molecule has 1 amide bonds. The third kappa shape index (κ3) is 3.37. The summed E-state index contributed by atoms with van der Waals surface area (Å²) in [6, 6.07) is 0.0218. The normalized spacial score (nSPS) is 36.4. The number of amides is 1. The van der Waals surface area contributed by atoms with E-state index in [4.69, 9.17) is 14.2 Å². The molecule has 6 nitrogen and oxygen atoms in total. The van der Waals surface area contributed by atoms with Crippen LogP contribution in [0.3, 0.4) is 0 Å². The van der Waals surface area contributed by atoms with Crippen molar-refractivity contribution in [1.29, 1.82) is 0 Å². The summed E-state index contributed by atoms with van der Waals surface area (Å²) >= 11 is 0. The molecule has 0 radical (unpaired) electrons. The standard InChI is InChI=1S/C15H23NO5/c1-10(17)20-13-8-14(18)16-9-11(5-6-12(13)16)21-15-4-2-3-7-19-15/h11-13,15H,2-9H2,1H3/t11-,12-,13-,15?/m0/s1. The second-order valence-corrected chi connectivity index (χ2v) is 6.10. The lowest BCUT2D eigenvalue weighted by Crippen LogP contribution is -2.49. The fourth-order valence-corrected chi connectivity index (χ4v) is 3.53. The van der Waals surface area contributed by atoms with Crippen molar-refractivity contribution in [1.82, 2.24) is 4.90 Å². The highest BCUT2D eigenvalue weighted by atomic mass is 16.7. The number of carbonyl (C=O) groups excluding carboxylic acids is 2. The third-order valence-electron chi connectivity index (χ3n) is 4.51. The highest BCUT2D eigenvalue weighted by Gasteiger charge is 2.45. The zero-order valence-electron chi connectivity index (χ0n) is 12.5. The van der Waals surface area contributed by atoms with E-state index in [1.54, 1.807) is 0 Å². The van der Waals surface area contributed by atoms with Gasteiger partial charge in [-0.25, -0.2) is 0 Å². The van der Waals surface area contributed by atoms with Gasteiger partial charge in [0.1, 0.15) is 6.10 Å². The second kappa shape index (κ2) is 6.32. The maximum Gasteiger partial charge on any atom is 0.302 e. The molecule has 3 heterocycles. The molecule has 0 N–H and O–H groups in total. The molecule has 3 fully saturated rings. The SMILES string of the molecule is CC(=O)O[C@H]1CC(=O)N2C[C@@H](OC3CCCCO3)CC[C@@H]12. The number of esters is 1. The lowest BCUT2D eigenvalue weighted by atomic mass is 9.99. The molecule has 0 saturated carbocycles. The van der Waals surface area contributed by atoms with Crippen LogP contribution in [-0.4, -0.2) is 54.5 Å². The van der Waals surface area contributed by atoms with E-state index < -0.39 is 0 Å². The molecule has 0 aromatic rings. The van der Waals surface area contributed by atoms with Gasteiger partial charge >= 0.3 is 5.97 Å².